The van der Waals surface area contributed by atoms with Gasteiger partial charge in [-0.05, 0) is 49.6 Å². The van der Waals surface area contributed by atoms with Crippen molar-refractivity contribution in [3.8, 4) is 5.75 Å². The number of likely N-dealkylation sites (tertiary alicyclic amines) is 1. The van der Waals surface area contributed by atoms with Gasteiger partial charge in [0.2, 0.25) is 5.89 Å². The van der Waals surface area contributed by atoms with E-state index in [0.717, 1.165) is 24.2 Å². The molecule has 2 aromatic heterocycles. The number of pyridine rings is 1. The Bertz CT molecular complexity index is 942. The zero-order valence-corrected chi connectivity index (χ0v) is 15.7. The number of carbonyl (C=O) groups is 1. The van der Waals surface area contributed by atoms with E-state index < -0.39 is 0 Å². The summed E-state index contributed by atoms with van der Waals surface area (Å²) in [5, 5.41) is 4.06. The third-order valence-electron chi connectivity index (χ3n) is 4.75. The van der Waals surface area contributed by atoms with Crippen molar-refractivity contribution >= 4 is 5.91 Å². The van der Waals surface area contributed by atoms with Crippen molar-refractivity contribution in [1.29, 1.82) is 0 Å². The topological polar surface area (TPSA) is 81.4 Å². The molecule has 28 heavy (non-hydrogen) atoms. The summed E-state index contributed by atoms with van der Waals surface area (Å²) in [6.45, 7) is 3.15. The van der Waals surface area contributed by atoms with Crippen LogP contribution in [0.25, 0.3) is 0 Å². The number of aryl methyl sites for hydroxylation is 1. The largest absolute Gasteiger partial charge is 0.493 e. The number of aromatic nitrogens is 3. The first-order valence-electron chi connectivity index (χ1n) is 9.44. The van der Waals surface area contributed by atoms with E-state index in [1.807, 2.05) is 37.3 Å². The highest BCUT2D eigenvalue weighted by Crippen LogP contribution is 2.32. The van der Waals surface area contributed by atoms with Crippen molar-refractivity contribution in [3.05, 3.63) is 71.6 Å². The molecule has 3 aromatic rings. The predicted molar refractivity (Wildman–Crippen MR) is 102 cm³/mol. The van der Waals surface area contributed by atoms with E-state index in [1.165, 1.54) is 0 Å². The smallest absolute Gasteiger partial charge is 0.273 e. The second-order valence-corrected chi connectivity index (χ2v) is 6.84. The molecule has 4 rings (SSSR count). The summed E-state index contributed by atoms with van der Waals surface area (Å²) >= 11 is 0. The summed E-state index contributed by atoms with van der Waals surface area (Å²) < 4.78 is 11.2. The van der Waals surface area contributed by atoms with Crippen molar-refractivity contribution in [2.24, 2.45) is 0 Å². The SMILES string of the molecule is Cc1cccc(OCCc2noc(C3CCCN3C(=O)c3ccccn3)n2)c1. The molecular formula is C21H22N4O3. The van der Waals surface area contributed by atoms with Gasteiger partial charge in [-0.15, -0.1) is 0 Å². The molecule has 0 N–H and O–H groups in total. The molecule has 1 saturated heterocycles. The van der Waals surface area contributed by atoms with E-state index in [9.17, 15) is 4.79 Å². The first kappa shape index (κ1) is 18.2. The summed E-state index contributed by atoms with van der Waals surface area (Å²) in [6, 6.07) is 13.0. The maximum Gasteiger partial charge on any atom is 0.273 e. The fourth-order valence-corrected chi connectivity index (χ4v) is 3.37. The maximum atomic E-state index is 12.7. The Morgan fingerprint density at radius 1 is 1.29 bits per heavy atom. The molecule has 3 heterocycles. The predicted octanol–water partition coefficient (Wildman–Crippen LogP) is 3.37. The van der Waals surface area contributed by atoms with Crippen LogP contribution in [0.3, 0.4) is 0 Å². The Morgan fingerprint density at radius 2 is 2.21 bits per heavy atom. The summed E-state index contributed by atoms with van der Waals surface area (Å²) in [6.07, 6.45) is 3.87. The molecule has 0 saturated carbocycles. The van der Waals surface area contributed by atoms with Crippen LogP contribution in [0.4, 0.5) is 0 Å². The molecule has 1 amide bonds. The van der Waals surface area contributed by atoms with E-state index in [4.69, 9.17) is 9.26 Å². The van der Waals surface area contributed by atoms with Crippen molar-refractivity contribution < 1.29 is 14.1 Å². The fraction of sp³-hybridized carbons (Fsp3) is 0.333. The van der Waals surface area contributed by atoms with Crippen LogP contribution in [0, 0.1) is 6.92 Å². The van der Waals surface area contributed by atoms with Crippen LogP contribution >= 0.6 is 0 Å². The van der Waals surface area contributed by atoms with Crippen LogP contribution < -0.4 is 4.74 Å². The minimum absolute atomic E-state index is 0.106. The number of nitrogens with zero attached hydrogens (tertiary/aromatic N) is 4. The number of hydrogen-bond acceptors (Lipinski definition) is 6. The van der Waals surface area contributed by atoms with Crippen LogP contribution in [0.1, 0.15) is 46.7 Å². The summed E-state index contributed by atoms with van der Waals surface area (Å²) in [5.74, 6) is 1.78. The van der Waals surface area contributed by atoms with Crippen LogP contribution in [-0.4, -0.2) is 39.1 Å². The molecule has 1 atom stereocenters. The molecule has 0 spiro atoms. The van der Waals surface area contributed by atoms with Gasteiger partial charge in [-0.1, -0.05) is 23.4 Å². The Balaban J connectivity index is 1.38. The van der Waals surface area contributed by atoms with Crippen LogP contribution in [-0.2, 0) is 6.42 Å². The molecule has 1 aliphatic rings. The quantitative estimate of drug-likeness (QED) is 0.654. The highest BCUT2D eigenvalue weighted by molar-refractivity contribution is 5.92. The van der Waals surface area contributed by atoms with Gasteiger partial charge in [-0.2, -0.15) is 4.98 Å². The number of carbonyl (C=O) groups excluding carboxylic acids is 1. The monoisotopic (exact) mass is 378 g/mol. The van der Waals surface area contributed by atoms with Crippen molar-refractivity contribution in [3.63, 3.8) is 0 Å². The molecule has 0 bridgehead atoms. The zero-order valence-electron chi connectivity index (χ0n) is 15.7. The standard InChI is InChI=1S/C21H22N4O3/c1-15-6-4-7-16(14-15)27-13-10-19-23-20(28-24-19)18-9-5-12-25(18)21(26)17-8-2-3-11-22-17/h2-4,6-8,11,14,18H,5,9-10,12-13H2,1H3. The van der Waals surface area contributed by atoms with E-state index in [2.05, 4.69) is 15.1 Å². The van der Waals surface area contributed by atoms with Crippen LogP contribution in [0.5, 0.6) is 5.75 Å². The van der Waals surface area contributed by atoms with Gasteiger partial charge in [0.15, 0.2) is 5.82 Å². The fourth-order valence-electron chi connectivity index (χ4n) is 3.37. The molecule has 144 valence electrons. The van der Waals surface area contributed by atoms with Gasteiger partial charge < -0.3 is 14.2 Å². The molecular weight excluding hydrogens is 356 g/mol. The summed E-state index contributed by atoms with van der Waals surface area (Å²) in [5.41, 5.74) is 1.58. The lowest BCUT2D eigenvalue weighted by Gasteiger charge is -2.21. The second-order valence-electron chi connectivity index (χ2n) is 6.84. The average molecular weight is 378 g/mol. The number of amides is 1. The van der Waals surface area contributed by atoms with Crippen molar-refractivity contribution in [1.82, 2.24) is 20.0 Å². The molecule has 0 aliphatic carbocycles. The molecule has 7 nitrogen and oxygen atoms in total. The van der Waals surface area contributed by atoms with E-state index in [0.29, 0.717) is 37.0 Å². The van der Waals surface area contributed by atoms with E-state index >= 15 is 0 Å². The lowest BCUT2D eigenvalue weighted by atomic mass is 10.2. The van der Waals surface area contributed by atoms with Gasteiger partial charge in [-0.3, -0.25) is 9.78 Å². The number of ether oxygens (including phenoxy) is 1. The molecule has 1 aliphatic heterocycles. The molecule has 7 heteroatoms. The second kappa shape index (κ2) is 8.21. The Labute approximate surface area is 163 Å². The summed E-state index contributed by atoms with van der Waals surface area (Å²) in [7, 11) is 0. The van der Waals surface area contributed by atoms with Crippen molar-refractivity contribution in [2.45, 2.75) is 32.2 Å². The average Bonchev–Trinajstić information content (AvgIpc) is 3.37. The molecule has 1 aromatic carbocycles. The Morgan fingerprint density at radius 3 is 3.04 bits per heavy atom. The maximum absolute atomic E-state index is 12.7. The number of rotatable bonds is 6. The zero-order chi connectivity index (χ0) is 19.3. The van der Waals surface area contributed by atoms with Gasteiger partial charge in [0.1, 0.15) is 17.5 Å². The third-order valence-corrected chi connectivity index (χ3v) is 4.75. The van der Waals surface area contributed by atoms with Gasteiger partial charge in [0, 0.05) is 19.2 Å². The highest BCUT2D eigenvalue weighted by Gasteiger charge is 2.34. The number of hydrogen-bond donors (Lipinski definition) is 0. The van der Waals surface area contributed by atoms with Gasteiger partial charge in [0.25, 0.3) is 5.91 Å². The Kier molecular flexibility index (Phi) is 5.32. The van der Waals surface area contributed by atoms with Crippen LogP contribution in [0.2, 0.25) is 0 Å². The number of benzene rings is 1. The third kappa shape index (κ3) is 4.03. The first-order valence-corrected chi connectivity index (χ1v) is 9.44. The van der Waals surface area contributed by atoms with Crippen LogP contribution in [0.15, 0.2) is 53.2 Å². The normalized spacial score (nSPS) is 16.3. The lowest BCUT2D eigenvalue weighted by molar-refractivity contribution is 0.0704. The molecule has 0 radical (unpaired) electrons. The molecule has 1 fully saturated rings. The Hall–Kier alpha value is -3.22. The van der Waals surface area contributed by atoms with Gasteiger partial charge in [-0.25, -0.2) is 0 Å². The van der Waals surface area contributed by atoms with Crippen molar-refractivity contribution in [2.75, 3.05) is 13.2 Å². The first-order chi connectivity index (χ1) is 13.7. The minimum atomic E-state index is -0.201. The van der Waals surface area contributed by atoms with E-state index in [-0.39, 0.29) is 11.9 Å². The van der Waals surface area contributed by atoms with E-state index in [1.54, 1.807) is 23.2 Å². The minimum Gasteiger partial charge on any atom is -0.493 e. The highest BCUT2D eigenvalue weighted by atomic mass is 16.5. The summed E-state index contributed by atoms with van der Waals surface area (Å²) in [4.78, 5) is 23.2. The lowest BCUT2D eigenvalue weighted by Crippen LogP contribution is -2.31. The van der Waals surface area contributed by atoms with Gasteiger partial charge >= 0.3 is 0 Å². The van der Waals surface area contributed by atoms with Gasteiger partial charge in [0.05, 0.1) is 6.61 Å². The molecule has 1 unspecified atom stereocenters.